The Kier molecular flexibility index (Phi) is 9.50. The lowest BCUT2D eigenvalue weighted by Gasteiger charge is -2.37. The number of fused-ring (bicyclic) bond motifs is 1. The molecular weight excluding hydrogens is 508 g/mol. The van der Waals surface area contributed by atoms with Gasteiger partial charge in [-0.15, -0.1) is 0 Å². The van der Waals surface area contributed by atoms with E-state index in [0.29, 0.717) is 12.3 Å². The van der Waals surface area contributed by atoms with Gasteiger partial charge >= 0.3 is 12.1 Å². The molecule has 0 spiro atoms. The van der Waals surface area contributed by atoms with Gasteiger partial charge in [0, 0.05) is 38.8 Å². The van der Waals surface area contributed by atoms with Gasteiger partial charge in [-0.1, -0.05) is 33.1 Å². The molecule has 3 aliphatic rings. The Balaban J connectivity index is 1.57. The number of rotatable bonds is 9. The number of carbonyl (C=O) groups excluding carboxylic acids is 2. The van der Waals surface area contributed by atoms with Gasteiger partial charge in [0.25, 0.3) is 0 Å². The molecule has 2 fully saturated rings. The number of hydrogen-bond acceptors (Lipinski definition) is 7. The Morgan fingerprint density at radius 2 is 1.90 bits per heavy atom. The number of nitrogens with one attached hydrogen (secondary N) is 1. The fraction of sp³-hybridized carbons (Fsp3) is 0.781. The second-order valence-electron chi connectivity index (χ2n) is 13.9. The average molecular weight is 559 g/mol. The molecule has 1 unspecified atom stereocenters. The van der Waals surface area contributed by atoms with Crippen LogP contribution in [0.4, 0.5) is 4.79 Å². The minimum atomic E-state index is -1.43. The van der Waals surface area contributed by atoms with Gasteiger partial charge in [-0.2, -0.15) is 0 Å². The van der Waals surface area contributed by atoms with E-state index in [1.165, 1.54) is 37.7 Å². The van der Waals surface area contributed by atoms with Crippen molar-refractivity contribution in [2.24, 2.45) is 11.8 Å². The number of alkyl carbamates (subject to hydrolysis) is 1. The summed E-state index contributed by atoms with van der Waals surface area (Å²) in [6.45, 7) is 13.9. The number of pyridine rings is 1. The van der Waals surface area contributed by atoms with Crippen LogP contribution in [0, 0.1) is 11.8 Å². The van der Waals surface area contributed by atoms with Crippen molar-refractivity contribution >= 4 is 12.1 Å². The van der Waals surface area contributed by atoms with Gasteiger partial charge in [0.1, 0.15) is 5.60 Å². The summed E-state index contributed by atoms with van der Waals surface area (Å²) in [4.78, 5) is 31.4. The van der Waals surface area contributed by atoms with Gasteiger partial charge in [0.05, 0.1) is 12.1 Å². The number of carbonyl (C=O) groups is 2. The molecule has 2 heterocycles. The fourth-order valence-corrected chi connectivity index (χ4v) is 6.44. The topological polar surface area (TPSA) is 96.0 Å². The summed E-state index contributed by atoms with van der Waals surface area (Å²) in [5, 5.41) is 2.98. The van der Waals surface area contributed by atoms with E-state index in [4.69, 9.17) is 23.9 Å². The highest BCUT2D eigenvalue weighted by Crippen LogP contribution is 2.40. The summed E-state index contributed by atoms with van der Waals surface area (Å²) in [7, 11) is 0. The first-order valence-electron chi connectivity index (χ1n) is 15.3. The van der Waals surface area contributed by atoms with Crippen LogP contribution in [0.25, 0.3) is 0 Å². The average Bonchev–Trinajstić information content (AvgIpc) is 3.09. The zero-order valence-electron chi connectivity index (χ0n) is 25.6. The monoisotopic (exact) mass is 558 g/mol. The minimum absolute atomic E-state index is 0.177. The van der Waals surface area contributed by atoms with E-state index in [9.17, 15) is 9.59 Å². The Hall–Kier alpha value is -2.19. The van der Waals surface area contributed by atoms with Gasteiger partial charge < -0.3 is 24.3 Å². The number of cyclic esters (lactones) is 1. The van der Waals surface area contributed by atoms with Crippen molar-refractivity contribution in [3.05, 3.63) is 29.1 Å². The molecule has 2 aliphatic carbocycles. The van der Waals surface area contributed by atoms with Crippen molar-refractivity contribution in [2.45, 2.75) is 142 Å². The van der Waals surface area contributed by atoms with Crippen molar-refractivity contribution in [3.63, 3.8) is 0 Å². The SMILES string of the molecule is CC(C)C[C@H](NC(=O)OC(C)(C)C)[C@@]1(Cc2nccc3c2CCC(OCC2CCCCC2)C3)OC(C)(C)OC1=O. The lowest BCUT2D eigenvalue weighted by molar-refractivity contribution is -0.170. The summed E-state index contributed by atoms with van der Waals surface area (Å²) in [6, 6.07) is 1.41. The van der Waals surface area contributed by atoms with E-state index in [1.807, 2.05) is 27.0 Å². The number of ether oxygens (including phenoxy) is 4. The molecule has 0 bridgehead atoms. The van der Waals surface area contributed by atoms with Crippen molar-refractivity contribution in [1.82, 2.24) is 10.3 Å². The predicted octanol–water partition coefficient (Wildman–Crippen LogP) is 6.07. The molecule has 0 aromatic carbocycles. The maximum atomic E-state index is 13.7. The number of aromatic nitrogens is 1. The fourth-order valence-electron chi connectivity index (χ4n) is 6.44. The van der Waals surface area contributed by atoms with E-state index in [0.717, 1.165) is 37.1 Å². The molecule has 224 valence electrons. The molecule has 1 saturated carbocycles. The standard InChI is InChI=1S/C32H50N2O6/c1-21(2)17-27(34-29(36)39-30(3,4)5)32(28(35)38-31(6,7)40-32)19-26-25-14-13-24(18-23(25)15-16-33-26)37-20-22-11-9-8-10-12-22/h15-16,21-22,24,27H,8-14,17-20H2,1-7H3,(H,34,36)/t24?,27-,32+/m0/s1. The lowest BCUT2D eigenvalue weighted by Crippen LogP contribution is -2.59. The number of esters is 1. The molecule has 4 rings (SSSR count). The summed E-state index contributed by atoms with van der Waals surface area (Å²) in [5.41, 5.74) is 1.08. The van der Waals surface area contributed by atoms with Gasteiger partial charge in [-0.25, -0.2) is 9.59 Å². The van der Waals surface area contributed by atoms with E-state index >= 15 is 0 Å². The van der Waals surface area contributed by atoms with Gasteiger partial charge in [0.2, 0.25) is 5.79 Å². The van der Waals surface area contributed by atoms with Crippen LogP contribution in [-0.2, 0) is 43.0 Å². The first kappa shape index (κ1) is 30.8. The lowest BCUT2D eigenvalue weighted by atomic mass is 9.80. The second kappa shape index (κ2) is 12.4. The third-order valence-electron chi connectivity index (χ3n) is 8.20. The highest BCUT2D eigenvalue weighted by molar-refractivity contribution is 5.84. The largest absolute Gasteiger partial charge is 0.444 e. The van der Waals surface area contributed by atoms with Crippen molar-refractivity contribution in [2.75, 3.05) is 6.61 Å². The second-order valence-corrected chi connectivity index (χ2v) is 13.9. The summed E-state index contributed by atoms with van der Waals surface area (Å²) in [6.07, 6.45) is 11.3. The van der Waals surface area contributed by atoms with Crippen molar-refractivity contribution in [3.8, 4) is 0 Å². The van der Waals surface area contributed by atoms with Crippen LogP contribution in [0.1, 0.15) is 110 Å². The molecular formula is C32H50N2O6. The number of amides is 1. The van der Waals surface area contributed by atoms with E-state index in [2.05, 4.69) is 25.2 Å². The zero-order chi connectivity index (χ0) is 29.1. The van der Waals surface area contributed by atoms with Crippen molar-refractivity contribution < 1.29 is 28.5 Å². The van der Waals surface area contributed by atoms with Crippen LogP contribution in [0.2, 0.25) is 0 Å². The van der Waals surface area contributed by atoms with E-state index < -0.39 is 35.1 Å². The van der Waals surface area contributed by atoms with Gasteiger partial charge in [0.15, 0.2) is 5.60 Å². The molecule has 1 amide bonds. The molecule has 8 heteroatoms. The Morgan fingerprint density at radius 1 is 1.18 bits per heavy atom. The maximum Gasteiger partial charge on any atom is 0.407 e. The van der Waals surface area contributed by atoms with Crippen LogP contribution in [0.15, 0.2) is 12.3 Å². The quantitative estimate of drug-likeness (QED) is 0.368. The Labute approximate surface area is 240 Å². The smallest absolute Gasteiger partial charge is 0.407 e. The third kappa shape index (κ3) is 7.75. The van der Waals surface area contributed by atoms with Crippen LogP contribution in [-0.4, -0.2) is 52.8 Å². The Morgan fingerprint density at radius 3 is 2.52 bits per heavy atom. The van der Waals surface area contributed by atoms with Gasteiger partial charge in [-0.05, 0) is 88.3 Å². The third-order valence-corrected chi connectivity index (χ3v) is 8.20. The molecule has 1 aromatic heterocycles. The van der Waals surface area contributed by atoms with E-state index in [-0.39, 0.29) is 18.4 Å². The van der Waals surface area contributed by atoms with Crippen LogP contribution in [0.5, 0.6) is 0 Å². The molecule has 1 aromatic rings. The van der Waals surface area contributed by atoms with Crippen LogP contribution >= 0.6 is 0 Å². The first-order chi connectivity index (χ1) is 18.8. The molecule has 1 N–H and O–H groups in total. The first-order valence-corrected chi connectivity index (χ1v) is 15.3. The highest BCUT2D eigenvalue weighted by Gasteiger charge is 2.59. The normalized spacial score (nSPS) is 25.8. The molecule has 8 nitrogen and oxygen atoms in total. The molecule has 1 saturated heterocycles. The molecule has 1 aliphatic heterocycles. The highest BCUT2D eigenvalue weighted by atomic mass is 16.8. The van der Waals surface area contributed by atoms with Crippen LogP contribution < -0.4 is 5.32 Å². The molecule has 3 atom stereocenters. The van der Waals surface area contributed by atoms with Crippen molar-refractivity contribution in [1.29, 1.82) is 0 Å². The number of nitrogens with zero attached hydrogens (tertiary/aromatic N) is 1. The zero-order valence-corrected chi connectivity index (χ0v) is 25.6. The van der Waals surface area contributed by atoms with Gasteiger partial charge in [-0.3, -0.25) is 4.98 Å². The predicted molar refractivity (Wildman–Crippen MR) is 153 cm³/mol. The minimum Gasteiger partial charge on any atom is -0.444 e. The molecule has 0 radical (unpaired) electrons. The summed E-state index contributed by atoms with van der Waals surface area (Å²) >= 11 is 0. The Bertz CT molecular complexity index is 1040. The van der Waals surface area contributed by atoms with Crippen LogP contribution in [0.3, 0.4) is 0 Å². The van der Waals surface area contributed by atoms with E-state index in [1.54, 1.807) is 13.8 Å². The maximum absolute atomic E-state index is 13.7. The molecule has 40 heavy (non-hydrogen) atoms. The number of hydrogen-bond donors (Lipinski definition) is 1. The summed E-state index contributed by atoms with van der Waals surface area (Å²) < 4.78 is 24.2. The summed E-state index contributed by atoms with van der Waals surface area (Å²) in [5.74, 6) is -0.749.